The Hall–Kier alpha value is -2.70. The third-order valence-electron chi connectivity index (χ3n) is 5.03. The number of H-pyrrole nitrogens is 1. The van der Waals surface area contributed by atoms with Crippen LogP contribution >= 0.6 is 0 Å². The van der Waals surface area contributed by atoms with Crippen molar-refractivity contribution in [3.8, 4) is 11.1 Å². The molecule has 3 aromatic heterocycles. The van der Waals surface area contributed by atoms with Gasteiger partial charge in [-0.15, -0.1) is 0 Å². The molecule has 0 spiro atoms. The first-order valence-corrected chi connectivity index (χ1v) is 13.8. The molecule has 0 radical (unpaired) electrons. The van der Waals surface area contributed by atoms with Crippen molar-refractivity contribution in [1.82, 2.24) is 19.7 Å². The summed E-state index contributed by atoms with van der Waals surface area (Å²) < 4.78 is 8.03. The van der Waals surface area contributed by atoms with Crippen molar-refractivity contribution in [2.45, 2.75) is 38.8 Å². The Balaban J connectivity index is 1.59. The molecule has 1 aromatic carbocycles. The molecule has 0 atom stereocenters. The Morgan fingerprint density at radius 1 is 1.07 bits per heavy atom. The molecule has 0 saturated heterocycles. The SMILES string of the molecule is C[Si](C)(C)CCOCc1cnc2[nH]ccc2c1-c1cnn(Cc2ccccc2)c1. The number of nitrogens with one attached hydrogen (secondary N) is 1. The van der Waals surface area contributed by atoms with E-state index in [4.69, 9.17) is 4.74 Å². The van der Waals surface area contributed by atoms with E-state index in [-0.39, 0.29) is 0 Å². The van der Waals surface area contributed by atoms with Gasteiger partial charge < -0.3 is 9.72 Å². The minimum Gasteiger partial charge on any atom is -0.377 e. The van der Waals surface area contributed by atoms with Crippen LogP contribution in [0, 0.1) is 0 Å². The molecule has 1 N–H and O–H groups in total. The number of rotatable bonds is 8. The average Bonchev–Trinajstić information content (AvgIpc) is 3.34. The van der Waals surface area contributed by atoms with Gasteiger partial charge >= 0.3 is 0 Å². The monoisotopic (exact) mass is 404 g/mol. The summed E-state index contributed by atoms with van der Waals surface area (Å²) in [6.45, 7) is 9.23. The van der Waals surface area contributed by atoms with Crippen LogP contribution in [0.2, 0.25) is 25.7 Å². The Labute approximate surface area is 172 Å². The average molecular weight is 405 g/mol. The fourth-order valence-electron chi connectivity index (χ4n) is 3.41. The molecule has 0 bridgehead atoms. The molecule has 5 nitrogen and oxygen atoms in total. The smallest absolute Gasteiger partial charge is 0.137 e. The van der Waals surface area contributed by atoms with Crippen molar-refractivity contribution >= 4 is 19.1 Å². The molecular formula is C23H28N4OSi. The molecule has 0 amide bonds. The number of hydrogen-bond donors (Lipinski definition) is 1. The lowest BCUT2D eigenvalue weighted by atomic mass is 10.0. The molecule has 29 heavy (non-hydrogen) atoms. The number of benzene rings is 1. The van der Waals surface area contributed by atoms with Gasteiger partial charge in [0, 0.05) is 55.3 Å². The van der Waals surface area contributed by atoms with E-state index in [0.29, 0.717) is 6.61 Å². The Kier molecular flexibility index (Phi) is 5.64. The lowest BCUT2D eigenvalue weighted by Gasteiger charge is -2.16. The molecule has 0 aliphatic carbocycles. The zero-order valence-corrected chi connectivity index (χ0v) is 18.4. The molecule has 0 aliphatic heterocycles. The first-order chi connectivity index (χ1) is 14.0. The van der Waals surface area contributed by atoms with E-state index < -0.39 is 8.07 Å². The summed E-state index contributed by atoms with van der Waals surface area (Å²) in [6, 6.07) is 13.6. The second kappa shape index (κ2) is 8.35. The molecule has 150 valence electrons. The summed E-state index contributed by atoms with van der Waals surface area (Å²) in [4.78, 5) is 7.79. The first kappa shape index (κ1) is 19.6. The van der Waals surface area contributed by atoms with Gasteiger partial charge in [-0.2, -0.15) is 5.10 Å². The van der Waals surface area contributed by atoms with Crippen LogP contribution in [-0.2, 0) is 17.9 Å². The second-order valence-electron chi connectivity index (χ2n) is 8.67. The van der Waals surface area contributed by atoms with Gasteiger partial charge in [0.2, 0.25) is 0 Å². The van der Waals surface area contributed by atoms with E-state index in [1.807, 2.05) is 29.3 Å². The Morgan fingerprint density at radius 2 is 1.90 bits per heavy atom. The molecular weight excluding hydrogens is 376 g/mol. The van der Waals surface area contributed by atoms with Gasteiger partial charge in [-0.05, 0) is 17.7 Å². The van der Waals surface area contributed by atoms with E-state index in [9.17, 15) is 0 Å². The molecule has 0 unspecified atom stereocenters. The number of ether oxygens (including phenoxy) is 1. The van der Waals surface area contributed by atoms with Crippen LogP contribution in [0.3, 0.4) is 0 Å². The molecule has 4 aromatic rings. The van der Waals surface area contributed by atoms with Crippen LogP contribution < -0.4 is 0 Å². The van der Waals surface area contributed by atoms with Crippen LogP contribution in [-0.4, -0.2) is 34.4 Å². The maximum absolute atomic E-state index is 6.04. The van der Waals surface area contributed by atoms with Gasteiger partial charge in [-0.3, -0.25) is 4.68 Å². The van der Waals surface area contributed by atoms with E-state index in [1.54, 1.807) is 0 Å². The van der Waals surface area contributed by atoms with Crippen molar-refractivity contribution in [3.63, 3.8) is 0 Å². The van der Waals surface area contributed by atoms with Crippen LogP contribution in [0.5, 0.6) is 0 Å². The standard InChI is InChI=1S/C23H28N4OSi/c1-29(2,3)12-11-28-17-20-13-25-23-21(9-10-24-23)22(20)19-14-26-27(16-19)15-18-7-5-4-6-8-18/h4-10,13-14,16H,11-12,15,17H2,1-3H3,(H,24,25). The fourth-order valence-corrected chi connectivity index (χ4v) is 4.17. The number of nitrogens with zero attached hydrogens (tertiary/aromatic N) is 3. The zero-order valence-electron chi connectivity index (χ0n) is 17.4. The van der Waals surface area contributed by atoms with E-state index in [2.05, 4.69) is 71.2 Å². The van der Waals surface area contributed by atoms with Gasteiger partial charge in [-0.25, -0.2) is 4.98 Å². The molecule has 0 fully saturated rings. The quantitative estimate of drug-likeness (QED) is 0.319. The summed E-state index contributed by atoms with van der Waals surface area (Å²) in [6.07, 6.45) is 7.92. The van der Waals surface area contributed by atoms with E-state index in [0.717, 1.165) is 46.9 Å². The normalized spacial score (nSPS) is 12.0. The summed E-state index contributed by atoms with van der Waals surface area (Å²) >= 11 is 0. The minimum absolute atomic E-state index is 0.567. The van der Waals surface area contributed by atoms with Crippen LogP contribution in [0.4, 0.5) is 0 Å². The molecule has 4 rings (SSSR count). The highest BCUT2D eigenvalue weighted by atomic mass is 28.3. The van der Waals surface area contributed by atoms with E-state index in [1.165, 1.54) is 5.56 Å². The topological polar surface area (TPSA) is 55.7 Å². The molecule has 0 saturated carbocycles. The van der Waals surface area contributed by atoms with Gasteiger partial charge in [0.1, 0.15) is 5.65 Å². The second-order valence-corrected chi connectivity index (χ2v) is 14.3. The number of aromatic nitrogens is 4. The number of hydrogen-bond acceptors (Lipinski definition) is 3. The van der Waals surface area contributed by atoms with Crippen molar-refractivity contribution < 1.29 is 4.74 Å². The summed E-state index contributed by atoms with van der Waals surface area (Å²) in [7, 11) is -1.10. The Morgan fingerprint density at radius 3 is 2.69 bits per heavy atom. The molecule has 6 heteroatoms. The van der Waals surface area contributed by atoms with Crippen LogP contribution in [0.1, 0.15) is 11.1 Å². The lowest BCUT2D eigenvalue weighted by molar-refractivity contribution is 0.133. The first-order valence-electron chi connectivity index (χ1n) is 10.1. The van der Waals surface area contributed by atoms with Gasteiger partial charge in [0.15, 0.2) is 0 Å². The van der Waals surface area contributed by atoms with Crippen molar-refractivity contribution in [3.05, 3.63) is 72.3 Å². The maximum Gasteiger partial charge on any atom is 0.137 e. The van der Waals surface area contributed by atoms with E-state index >= 15 is 0 Å². The van der Waals surface area contributed by atoms with Crippen LogP contribution in [0.15, 0.2) is 61.2 Å². The summed E-state index contributed by atoms with van der Waals surface area (Å²) in [5, 5.41) is 5.71. The third kappa shape index (κ3) is 4.83. The molecule has 3 heterocycles. The number of fused-ring (bicyclic) bond motifs is 1. The Bertz CT molecular complexity index is 1080. The van der Waals surface area contributed by atoms with Crippen LogP contribution in [0.25, 0.3) is 22.2 Å². The lowest BCUT2D eigenvalue weighted by Crippen LogP contribution is -2.21. The van der Waals surface area contributed by atoms with Crippen molar-refractivity contribution in [2.24, 2.45) is 0 Å². The van der Waals surface area contributed by atoms with Gasteiger partial charge in [-0.1, -0.05) is 50.0 Å². The highest BCUT2D eigenvalue weighted by Gasteiger charge is 2.16. The molecule has 0 aliphatic rings. The number of aromatic amines is 1. The third-order valence-corrected chi connectivity index (χ3v) is 6.73. The highest BCUT2D eigenvalue weighted by molar-refractivity contribution is 6.76. The van der Waals surface area contributed by atoms with Crippen molar-refractivity contribution in [1.29, 1.82) is 0 Å². The fraction of sp³-hybridized carbons (Fsp3) is 0.304. The zero-order chi connectivity index (χ0) is 20.3. The summed E-state index contributed by atoms with van der Waals surface area (Å²) in [5.41, 5.74) is 5.48. The summed E-state index contributed by atoms with van der Waals surface area (Å²) in [5.74, 6) is 0. The largest absolute Gasteiger partial charge is 0.377 e. The minimum atomic E-state index is -1.10. The van der Waals surface area contributed by atoms with Gasteiger partial charge in [0.25, 0.3) is 0 Å². The predicted molar refractivity (Wildman–Crippen MR) is 121 cm³/mol. The van der Waals surface area contributed by atoms with Crippen molar-refractivity contribution in [2.75, 3.05) is 6.61 Å². The number of pyridine rings is 1. The highest BCUT2D eigenvalue weighted by Crippen LogP contribution is 2.31. The van der Waals surface area contributed by atoms with Gasteiger partial charge in [0.05, 0.1) is 19.3 Å². The predicted octanol–water partition coefficient (Wildman–Crippen LogP) is 5.33. The maximum atomic E-state index is 6.04.